The van der Waals surface area contributed by atoms with Crippen LogP contribution in [0.5, 0.6) is 0 Å². The first-order valence-corrected chi connectivity index (χ1v) is 6.87. The average molecular weight is 253 g/mol. The van der Waals surface area contributed by atoms with E-state index < -0.39 is 0 Å². The molecule has 0 atom stereocenters. The van der Waals surface area contributed by atoms with Crippen LogP contribution in [0.1, 0.15) is 32.6 Å². The molecule has 0 unspecified atom stereocenters. The molecule has 2 fully saturated rings. The van der Waals surface area contributed by atoms with Crippen molar-refractivity contribution < 1.29 is 9.59 Å². The number of rotatable bonds is 4. The van der Waals surface area contributed by atoms with Gasteiger partial charge in [0.2, 0.25) is 11.8 Å². The third kappa shape index (κ3) is 3.22. The van der Waals surface area contributed by atoms with E-state index in [1.807, 2.05) is 9.80 Å². The van der Waals surface area contributed by atoms with Gasteiger partial charge in [0, 0.05) is 32.6 Å². The summed E-state index contributed by atoms with van der Waals surface area (Å²) in [6.45, 7) is 4.20. The summed E-state index contributed by atoms with van der Waals surface area (Å²) >= 11 is 0. The zero-order valence-electron chi connectivity index (χ0n) is 11.1. The fourth-order valence-electron chi connectivity index (χ4n) is 2.69. The monoisotopic (exact) mass is 253 g/mol. The highest BCUT2D eigenvalue weighted by molar-refractivity contribution is 5.78. The van der Waals surface area contributed by atoms with E-state index in [1.54, 1.807) is 6.92 Å². The maximum absolute atomic E-state index is 11.6. The van der Waals surface area contributed by atoms with Crippen molar-refractivity contribution in [2.45, 2.75) is 38.6 Å². The molecule has 0 spiro atoms. The minimum absolute atomic E-state index is 0.0408. The van der Waals surface area contributed by atoms with E-state index in [-0.39, 0.29) is 18.4 Å². The number of nitrogens with zero attached hydrogens (tertiary/aromatic N) is 2. The standard InChI is InChI=1S/C13H23N3O2/c1-10(17)16(12-2-3-12)9-11-4-6-15(7-5-11)13(18)8-14/h11-12H,2-9,14H2,1H3. The molecule has 1 saturated carbocycles. The first kappa shape index (κ1) is 13.3. The van der Waals surface area contributed by atoms with Crippen LogP contribution in [0.4, 0.5) is 0 Å². The van der Waals surface area contributed by atoms with Gasteiger partial charge >= 0.3 is 0 Å². The second kappa shape index (κ2) is 5.69. The van der Waals surface area contributed by atoms with Crippen LogP contribution in [0.25, 0.3) is 0 Å². The number of amides is 2. The molecule has 2 rings (SSSR count). The second-order valence-electron chi connectivity index (χ2n) is 5.43. The smallest absolute Gasteiger partial charge is 0.236 e. The van der Waals surface area contributed by atoms with Crippen LogP contribution in [0.3, 0.4) is 0 Å². The van der Waals surface area contributed by atoms with Crippen molar-refractivity contribution in [1.29, 1.82) is 0 Å². The van der Waals surface area contributed by atoms with Gasteiger partial charge in [0.1, 0.15) is 0 Å². The van der Waals surface area contributed by atoms with Gasteiger partial charge in [-0.05, 0) is 31.6 Å². The van der Waals surface area contributed by atoms with Gasteiger partial charge in [-0.3, -0.25) is 9.59 Å². The highest BCUT2D eigenvalue weighted by atomic mass is 16.2. The zero-order valence-corrected chi connectivity index (χ0v) is 11.1. The zero-order chi connectivity index (χ0) is 13.1. The maximum Gasteiger partial charge on any atom is 0.236 e. The Morgan fingerprint density at radius 2 is 1.83 bits per heavy atom. The molecular formula is C13H23N3O2. The molecule has 0 aromatic rings. The highest BCUT2D eigenvalue weighted by Crippen LogP contribution is 2.29. The molecule has 0 radical (unpaired) electrons. The van der Waals surface area contributed by atoms with Crippen molar-refractivity contribution in [3.05, 3.63) is 0 Å². The van der Waals surface area contributed by atoms with Crippen LogP contribution >= 0.6 is 0 Å². The van der Waals surface area contributed by atoms with Crippen molar-refractivity contribution in [3.8, 4) is 0 Å². The summed E-state index contributed by atoms with van der Waals surface area (Å²) in [7, 11) is 0. The number of nitrogens with two attached hydrogens (primary N) is 1. The summed E-state index contributed by atoms with van der Waals surface area (Å²) in [5.74, 6) is 0.772. The Kier molecular flexibility index (Phi) is 4.22. The Morgan fingerprint density at radius 1 is 1.22 bits per heavy atom. The first-order valence-electron chi connectivity index (χ1n) is 6.87. The third-order valence-corrected chi connectivity index (χ3v) is 3.99. The molecule has 0 aromatic heterocycles. The quantitative estimate of drug-likeness (QED) is 0.778. The van der Waals surface area contributed by atoms with Crippen LogP contribution in [0.15, 0.2) is 0 Å². The van der Waals surface area contributed by atoms with Crippen molar-refractivity contribution in [1.82, 2.24) is 9.80 Å². The van der Waals surface area contributed by atoms with Crippen LogP contribution in [0.2, 0.25) is 0 Å². The van der Waals surface area contributed by atoms with Gasteiger partial charge in [-0.15, -0.1) is 0 Å². The fraction of sp³-hybridized carbons (Fsp3) is 0.846. The second-order valence-corrected chi connectivity index (χ2v) is 5.43. The minimum atomic E-state index is 0.0408. The molecule has 102 valence electrons. The first-order chi connectivity index (χ1) is 8.61. The fourth-order valence-corrected chi connectivity index (χ4v) is 2.69. The Balaban J connectivity index is 1.79. The molecule has 1 aliphatic heterocycles. The molecular weight excluding hydrogens is 230 g/mol. The summed E-state index contributed by atoms with van der Waals surface area (Å²) in [6.07, 6.45) is 4.29. The predicted molar refractivity (Wildman–Crippen MR) is 68.8 cm³/mol. The third-order valence-electron chi connectivity index (χ3n) is 3.99. The molecule has 5 nitrogen and oxygen atoms in total. The van der Waals surface area contributed by atoms with Crippen LogP contribution in [-0.2, 0) is 9.59 Å². The summed E-state index contributed by atoms with van der Waals surface area (Å²) < 4.78 is 0. The van der Waals surface area contributed by atoms with Crippen molar-refractivity contribution in [3.63, 3.8) is 0 Å². The molecule has 2 amide bonds. The molecule has 0 aromatic carbocycles. The van der Waals surface area contributed by atoms with E-state index in [2.05, 4.69) is 0 Å². The van der Waals surface area contributed by atoms with Crippen LogP contribution in [0, 0.1) is 5.92 Å². The highest BCUT2D eigenvalue weighted by Gasteiger charge is 2.33. The number of carbonyl (C=O) groups excluding carboxylic acids is 2. The van der Waals surface area contributed by atoms with Crippen molar-refractivity contribution in [2.75, 3.05) is 26.2 Å². The lowest BCUT2D eigenvalue weighted by atomic mass is 9.96. The largest absolute Gasteiger partial charge is 0.342 e. The van der Waals surface area contributed by atoms with E-state index in [4.69, 9.17) is 5.73 Å². The van der Waals surface area contributed by atoms with Gasteiger partial charge in [0.25, 0.3) is 0 Å². The van der Waals surface area contributed by atoms with Crippen LogP contribution in [-0.4, -0.2) is 53.8 Å². The molecule has 1 heterocycles. The molecule has 2 N–H and O–H groups in total. The van der Waals surface area contributed by atoms with E-state index >= 15 is 0 Å². The maximum atomic E-state index is 11.6. The number of hydrogen-bond donors (Lipinski definition) is 1. The molecule has 0 bridgehead atoms. The molecule has 1 aliphatic carbocycles. The number of carbonyl (C=O) groups is 2. The summed E-state index contributed by atoms with van der Waals surface area (Å²) in [5.41, 5.74) is 5.36. The SMILES string of the molecule is CC(=O)N(CC1CCN(C(=O)CN)CC1)C1CC1. The van der Waals surface area contributed by atoms with E-state index in [9.17, 15) is 9.59 Å². The van der Waals surface area contributed by atoms with Gasteiger partial charge in [-0.2, -0.15) is 0 Å². The average Bonchev–Trinajstić information content (AvgIpc) is 3.19. The number of piperidine rings is 1. The number of hydrogen-bond acceptors (Lipinski definition) is 3. The lowest BCUT2D eigenvalue weighted by molar-refractivity contribution is -0.133. The van der Waals surface area contributed by atoms with E-state index in [0.717, 1.165) is 45.3 Å². The molecule has 5 heteroatoms. The van der Waals surface area contributed by atoms with E-state index in [1.165, 1.54) is 0 Å². The molecule has 2 aliphatic rings. The molecule has 18 heavy (non-hydrogen) atoms. The Labute approximate surface area is 108 Å². The van der Waals surface area contributed by atoms with Gasteiger partial charge in [-0.1, -0.05) is 0 Å². The van der Waals surface area contributed by atoms with E-state index in [0.29, 0.717) is 12.0 Å². The molecule has 1 saturated heterocycles. The lowest BCUT2D eigenvalue weighted by Crippen LogP contribution is -2.44. The van der Waals surface area contributed by atoms with Gasteiger partial charge < -0.3 is 15.5 Å². The Bertz CT molecular complexity index is 320. The van der Waals surface area contributed by atoms with Gasteiger partial charge in [-0.25, -0.2) is 0 Å². The van der Waals surface area contributed by atoms with Gasteiger partial charge in [0.15, 0.2) is 0 Å². The lowest BCUT2D eigenvalue weighted by Gasteiger charge is -2.34. The van der Waals surface area contributed by atoms with Crippen molar-refractivity contribution >= 4 is 11.8 Å². The Hall–Kier alpha value is -1.10. The minimum Gasteiger partial charge on any atom is -0.342 e. The summed E-state index contributed by atoms with van der Waals surface area (Å²) in [5, 5.41) is 0. The predicted octanol–water partition coefficient (Wildman–Crippen LogP) is 0.195. The van der Waals surface area contributed by atoms with Crippen LogP contribution < -0.4 is 5.73 Å². The topological polar surface area (TPSA) is 66.6 Å². The normalized spacial score (nSPS) is 20.9. The number of likely N-dealkylation sites (tertiary alicyclic amines) is 1. The summed E-state index contributed by atoms with van der Waals surface area (Å²) in [6, 6.07) is 0.492. The Morgan fingerprint density at radius 3 is 2.28 bits per heavy atom. The van der Waals surface area contributed by atoms with Crippen molar-refractivity contribution in [2.24, 2.45) is 11.7 Å². The van der Waals surface area contributed by atoms with Gasteiger partial charge in [0.05, 0.1) is 6.54 Å². The summed E-state index contributed by atoms with van der Waals surface area (Å²) in [4.78, 5) is 26.9.